The Morgan fingerprint density at radius 3 is 1.84 bits per heavy atom. The minimum absolute atomic E-state index is 0.906. The number of carbonyl (C=O) groups is 1. The lowest BCUT2D eigenvalue weighted by Crippen LogP contribution is -2.72. The topological polar surface area (TPSA) is 148 Å². The third-order valence-corrected chi connectivity index (χ3v) is 3.14. The molecule has 8 nitrogen and oxygen atoms in total. The summed E-state index contributed by atoms with van der Waals surface area (Å²) in [5.41, 5.74) is -4.52. The van der Waals surface area contributed by atoms with Gasteiger partial charge in [0.25, 0.3) is 5.79 Å². The van der Waals surface area contributed by atoms with Crippen LogP contribution in [0.4, 0.5) is 0 Å². The molecule has 114 valence electrons. The van der Waals surface area contributed by atoms with Crippen molar-refractivity contribution in [3.05, 3.63) is 0 Å². The molecule has 4 atom stereocenters. The number of hydrogen-bond donors (Lipinski definition) is 6. The maximum Gasteiger partial charge on any atom is 0.305 e. The zero-order valence-corrected chi connectivity index (χ0v) is 11.4. The van der Waals surface area contributed by atoms with Gasteiger partial charge < -0.3 is 35.4 Å². The Labute approximate surface area is 110 Å². The third kappa shape index (κ3) is 3.41. The van der Waals surface area contributed by atoms with Crippen molar-refractivity contribution in [1.29, 1.82) is 0 Å². The van der Waals surface area contributed by atoms with Crippen molar-refractivity contribution in [3.63, 3.8) is 0 Å². The molecule has 0 unspecified atom stereocenters. The van der Waals surface area contributed by atoms with Crippen LogP contribution in [0.2, 0.25) is 0 Å². The number of aliphatic hydroxyl groups is 6. The Kier molecular flexibility index (Phi) is 5.46. The molecule has 0 heterocycles. The molecule has 0 aliphatic rings. The molecule has 6 N–H and O–H groups in total. The largest absolute Gasteiger partial charge is 0.427 e. The highest BCUT2D eigenvalue weighted by Crippen LogP contribution is 2.37. The molecule has 0 aliphatic carbocycles. The van der Waals surface area contributed by atoms with E-state index in [0.29, 0.717) is 0 Å². The second-order valence-corrected chi connectivity index (χ2v) is 5.12. The van der Waals surface area contributed by atoms with Gasteiger partial charge in [0.2, 0.25) is 0 Å². The summed E-state index contributed by atoms with van der Waals surface area (Å²) >= 11 is 0. The fourth-order valence-corrected chi connectivity index (χ4v) is 1.47. The number of aliphatic hydroxyl groups excluding tert-OH is 3. The van der Waals surface area contributed by atoms with E-state index in [-0.39, 0.29) is 0 Å². The van der Waals surface area contributed by atoms with Crippen LogP contribution in [0.3, 0.4) is 0 Å². The van der Waals surface area contributed by atoms with Crippen molar-refractivity contribution in [1.82, 2.24) is 0 Å². The zero-order chi connectivity index (χ0) is 15.6. The number of ether oxygens (including phenoxy) is 1. The summed E-state index contributed by atoms with van der Waals surface area (Å²) in [5, 5.41) is 58.2. The Morgan fingerprint density at radius 1 is 1.16 bits per heavy atom. The third-order valence-electron chi connectivity index (χ3n) is 3.14. The number of rotatable bonds is 6. The van der Waals surface area contributed by atoms with Gasteiger partial charge in [0.05, 0.1) is 12.2 Å². The molecule has 0 spiro atoms. The molecule has 19 heavy (non-hydrogen) atoms. The monoisotopic (exact) mass is 282 g/mol. The average molecular weight is 282 g/mol. The quantitative estimate of drug-likeness (QED) is 0.231. The number of carbonyl (C=O) groups excluding carboxylic acids is 1. The Hall–Kier alpha value is -0.770. The van der Waals surface area contributed by atoms with Crippen LogP contribution >= 0.6 is 0 Å². The van der Waals surface area contributed by atoms with Gasteiger partial charge in [-0.2, -0.15) is 0 Å². The highest BCUT2D eigenvalue weighted by Gasteiger charge is 2.62. The second kappa shape index (κ2) is 5.70. The van der Waals surface area contributed by atoms with Crippen LogP contribution in [0.15, 0.2) is 0 Å². The first-order valence-corrected chi connectivity index (χ1v) is 5.65. The van der Waals surface area contributed by atoms with Crippen LogP contribution in [0.5, 0.6) is 0 Å². The van der Waals surface area contributed by atoms with Crippen molar-refractivity contribution < 1.29 is 40.2 Å². The van der Waals surface area contributed by atoms with Gasteiger partial charge in [-0.3, -0.25) is 4.79 Å². The lowest BCUT2D eigenvalue weighted by Gasteiger charge is -2.48. The summed E-state index contributed by atoms with van der Waals surface area (Å²) in [4.78, 5) is 11.0. The molecular weight excluding hydrogens is 260 g/mol. The first-order chi connectivity index (χ1) is 8.31. The van der Waals surface area contributed by atoms with Crippen LogP contribution < -0.4 is 0 Å². The summed E-state index contributed by atoms with van der Waals surface area (Å²) in [6.45, 7) is 3.10. The van der Waals surface area contributed by atoms with Gasteiger partial charge in [0, 0.05) is 6.92 Å². The highest BCUT2D eigenvalue weighted by molar-refractivity contribution is 5.66. The van der Waals surface area contributed by atoms with Crippen molar-refractivity contribution in [2.45, 2.75) is 56.9 Å². The van der Waals surface area contributed by atoms with E-state index in [1.807, 2.05) is 0 Å². The Balaban J connectivity index is 5.72. The minimum Gasteiger partial charge on any atom is -0.427 e. The van der Waals surface area contributed by atoms with Crippen molar-refractivity contribution >= 4 is 5.97 Å². The van der Waals surface area contributed by atoms with Crippen LogP contribution in [-0.4, -0.2) is 72.4 Å². The molecule has 0 aromatic rings. The second-order valence-electron chi connectivity index (χ2n) is 5.12. The normalized spacial score (nSPS) is 22.0. The first kappa shape index (κ1) is 18.2. The van der Waals surface area contributed by atoms with Crippen molar-refractivity contribution in [3.8, 4) is 0 Å². The molecule has 0 aromatic carbocycles. The van der Waals surface area contributed by atoms with E-state index in [0.717, 1.165) is 27.7 Å². The van der Waals surface area contributed by atoms with Gasteiger partial charge in [-0.25, -0.2) is 0 Å². The summed E-state index contributed by atoms with van der Waals surface area (Å²) in [6, 6.07) is 0. The number of esters is 1. The molecule has 0 bridgehead atoms. The van der Waals surface area contributed by atoms with Crippen molar-refractivity contribution in [2.75, 3.05) is 6.61 Å². The van der Waals surface area contributed by atoms with Gasteiger partial charge >= 0.3 is 5.97 Å². The molecular formula is C11H22O8. The predicted octanol–water partition coefficient (Wildman–Crippen LogP) is -2.53. The standard InChI is InChI=1S/C11H22O8/c1-6(13)19-11(18,8(15)7(14)5-12)10(4,17)9(2,3)16/h7-8,12,14-18H,5H2,1-4H3/t7-,8+,10+,11+/m0/s1. The van der Waals surface area contributed by atoms with E-state index in [1.54, 1.807) is 0 Å². The molecule has 0 radical (unpaired) electrons. The van der Waals surface area contributed by atoms with Crippen LogP contribution in [0, 0.1) is 0 Å². The summed E-state index contributed by atoms with van der Waals surface area (Å²) < 4.78 is 4.50. The van der Waals surface area contributed by atoms with Crippen molar-refractivity contribution in [2.24, 2.45) is 0 Å². The Bertz CT molecular complexity index is 321. The lowest BCUT2D eigenvalue weighted by atomic mass is 9.76. The van der Waals surface area contributed by atoms with Gasteiger partial charge in [-0.05, 0) is 20.8 Å². The average Bonchev–Trinajstić information content (AvgIpc) is 2.24. The van der Waals surface area contributed by atoms with E-state index in [4.69, 9.17) is 5.11 Å². The van der Waals surface area contributed by atoms with Gasteiger partial charge in [0.15, 0.2) is 11.7 Å². The zero-order valence-electron chi connectivity index (χ0n) is 11.4. The maximum atomic E-state index is 11.0. The number of hydrogen-bond acceptors (Lipinski definition) is 8. The van der Waals surface area contributed by atoms with Gasteiger partial charge in [0.1, 0.15) is 6.10 Å². The SMILES string of the molecule is CC(=O)O[C@](O)([C@H](O)[C@@H](O)CO)[C@](C)(O)C(C)(C)O. The molecule has 8 heteroatoms. The smallest absolute Gasteiger partial charge is 0.305 e. The highest BCUT2D eigenvalue weighted by atomic mass is 16.7. The fraction of sp³-hybridized carbons (Fsp3) is 0.909. The van der Waals surface area contributed by atoms with Crippen LogP contribution in [-0.2, 0) is 9.53 Å². The van der Waals surface area contributed by atoms with Crippen LogP contribution in [0.25, 0.3) is 0 Å². The van der Waals surface area contributed by atoms with Crippen LogP contribution in [0.1, 0.15) is 27.7 Å². The Morgan fingerprint density at radius 2 is 1.58 bits per heavy atom. The van der Waals surface area contributed by atoms with E-state index >= 15 is 0 Å². The summed E-state index contributed by atoms with van der Waals surface area (Å²) in [6.07, 6.45) is -4.12. The van der Waals surface area contributed by atoms with Gasteiger partial charge in [-0.15, -0.1) is 0 Å². The lowest BCUT2D eigenvalue weighted by molar-refractivity contribution is -0.358. The fourth-order valence-electron chi connectivity index (χ4n) is 1.47. The molecule has 0 amide bonds. The summed E-state index contributed by atoms with van der Waals surface area (Å²) in [7, 11) is 0. The molecule has 0 aromatic heterocycles. The minimum atomic E-state index is -3.01. The molecule has 0 saturated heterocycles. The molecule has 0 aliphatic heterocycles. The first-order valence-electron chi connectivity index (χ1n) is 5.65. The molecule has 0 saturated carbocycles. The molecule has 0 rings (SSSR count). The summed E-state index contributed by atoms with van der Waals surface area (Å²) in [5.74, 6) is -4.07. The van der Waals surface area contributed by atoms with Gasteiger partial charge in [-0.1, -0.05) is 0 Å². The maximum absolute atomic E-state index is 11.0. The predicted molar refractivity (Wildman–Crippen MR) is 62.7 cm³/mol. The van der Waals surface area contributed by atoms with E-state index in [1.165, 1.54) is 0 Å². The van der Waals surface area contributed by atoms with E-state index in [2.05, 4.69) is 4.74 Å². The van der Waals surface area contributed by atoms with E-state index < -0.39 is 41.8 Å². The molecule has 0 fully saturated rings. The van der Waals surface area contributed by atoms with E-state index in [9.17, 15) is 30.3 Å².